The van der Waals surface area contributed by atoms with Crippen LogP contribution in [0, 0.1) is 12.5 Å². The molecule has 0 radical (unpaired) electrons. The Morgan fingerprint density at radius 1 is 0.886 bits per heavy atom. The van der Waals surface area contributed by atoms with Crippen LogP contribution in [0.2, 0.25) is 0 Å². The van der Waals surface area contributed by atoms with Crippen LogP contribution in [0.3, 0.4) is 0 Å². The summed E-state index contributed by atoms with van der Waals surface area (Å²) in [5.74, 6) is 1.28. The van der Waals surface area contributed by atoms with Crippen LogP contribution >= 0.6 is 0 Å². The minimum atomic E-state index is 0.527. The van der Waals surface area contributed by atoms with Crippen molar-refractivity contribution < 1.29 is 4.42 Å². The van der Waals surface area contributed by atoms with Crippen molar-refractivity contribution in [3.63, 3.8) is 0 Å². The van der Waals surface area contributed by atoms with Crippen LogP contribution in [-0.2, 0) is 0 Å². The Labute approximate surface area is 205 Å². The zero-order valence-corrected chi connectivity index (χ0v) is 19.9. The number of benzene rings is 2. The highest BCUT2D eigenvalue weighted by atomic mass is 16.3. The number of aromatic nitrogens is 2. The molecule has 3 aromatic heterocycles. The Morgan fingerprint density at radius 2 is 1.71 bits per heavy atom. The van der Waals surface area contributed by atoms with Gasteiger partial charge in [0.25, 0.3) is 0 Å². The van der Waals surface area contributed by atoms with E-state index in [0.29, 0.717) is 17.3 Å². The van der Waals surface area contributed by atoms with Gasteiger partial charge in [-0.15, -0.1) is 0 Å². The highest BCUT2D eigenvalue weighted by molar-refractivity contribution is 6.08. The lowest BCUT2D eigenvalue weighted by Gasteiger charge is -2.28. The van der Waals surface area contributed by atoms with Crippen molar-refractivity contribution in [3.8, 4) is 22.5 Å². The topological polar surface area (TPSA) is 43.3 Å². The number of furan rings is 1. The molecule has 0 bridgehead atoms. The van der Waals surface area contributed by atoms with E-state index in [1.165, 1.54) is 37.7 Å². The van der Waals surface area contributed by atoms with Crippen molar-refractivity contribution in [2.45, 2.75) is 44.9 Å². The van der Waals surface area contributed by atoms with E-state index < -0.39 is 0 Å². The predicted molar refractivity (Wildman–Crippen MR) is 141 cm³/mol. The van der Waals surface area contributed by atoms with Crippen molar-refractivity contribution in [1.82, 2.24) is 9.97 Å². The van der Waals surface area contributed by atoms with E-state index in [9.17, 15) is 0 Å². The highest BCUT2D eigenvalue weighted by Gasteiger charge is 2.22. The molecule has 1 saturated carbocycles. The van der Waals surface area contributed by atoms with Gasteiger partial charge in [-0.1, -0.05) is 62.6 Å². The second-order valence-corrected chi connectivity index (χ2v) is 9.62. The molecule has 6 rings (SSSR count). The molecule has 0 aliphatic heterocycles. The molecular weight excluding hydrogens is 430 g/mol. The molecule has 0 N–H and O–H groups in total. The number of para-hydroxylation sites is 2. The summed E-state index contributed by atoms with van der Waals surface area (Å²) in [6.07, 6.45) is 8.65. The summed E-state index contributed by atoms with van der Waals surface area (Å²) < 4.78 is 6.36. The highest BCUT2D eigenvalue weighted by Crippen LogP contribution is 2.39. The van der Waals surface area contributed by atoms with Crippen molar-refractivity contribution >= 4 is 27.8 Å². The van der Waals surface area contributed by atoms with Crippen LogP contribution in [0.25, 0.3) is 49.4 Å². The predicted octanol–water partition coefficient (Wildman–Crippen LogP) is 8.94. The van der Waals surface area contributed by atoms with E-state index in [1.54, 1.807) is 0 Å². The monoisotopic (exact) mass is 457 g/mol. The SMILES string of the molecule is [C-]#[N+]c1ccccc1-c1ccc2c(n1)oc1c(-c3cc(C(C)C4CCCCC4)ccn3)cccc12. The number of hydrogen-bond acceptors (Lipinski definition) is 3. The normalized spacial score (nSPS) is 15.3. The van der Waals surface area contributed by atoms with Crippen LogP contribution in [0.1, 0.15) is 50.5 Å². The third-order valence-corrected chi connectivity index (χ3v) is 7.61. The second-order valence-electron chi connectivity index (χ2n) is 9.62. The van der Waals surface area contributed by atoms with Gasteiger partial charge in [-0.2, -0.15) is 0 Å². The van der Waals surface area contributed by atoms with Crippen molar-refractivity contribution in [2.24, 2.45) is 5.92 Å². The number of rotatable bonds is 4. The summed E-state index contributed by atoms with van der Waals surface area (Å²) in [5, 5.41) is 2.00. The third kappa shape index (κ3) is 3.88. The Bertz CT molecular complexity index is 1570. The first-order valence-electron chi connectivity index (χ1n) is 12.5. The van der Waals surface area contributed by atoms with E-state index in [1.807, 2.05) is 42.6 Å². The molecule has 3 heterocycles. The van der Waals surface area contributed by atoms with Gasteiger partial charge in [0.15, 0.2) is 5.69 Å². The lowest BCUT2D eigenvalue weighted by molar-refractivity contribution is 0.316. The zero-order valence-electron chi connectivity index (χ0n) is 19.9. The molecule has 0 amide bonds. The van der Waals surface area contributed by atoms with Gasteiger partial charge in [-0.05, 0) is 60.6 Å². The van der Waals surface area contributed by atoms with Gasteiger partial charge in [-0.25, -0.2) is 9.83 Å². The number of fused-ring (bicyclic) bond motifs is 3. The van der Waals surface area contributed by atoms with Gasteiger partial charge in [0.2, 0.25) is 5.71 Å². The molecule has 2 aromatic carbocycles. The average Bonchev–Trinajstić information content (AvgIpc) is 3.31. The van der Waals surface area contributed by atoms with Crippen LogP contribution in [0.15, 0.2) is 77.3 Å². The van der Waals surface area contributed by atoms with Gasteiger partial charge in [0.1, 0.15) is 5.58 Å². The van der Waals surface area contributed by atoms with Crippen molar-refractivity contribution in [3.05, 3.63) is 89.9 Å². The summed E-state index contributed by atoms with van der Waals surface area (Å²) >= 11 is 0. The summed E-state index contributed by atoms with van der Waals surface area (Å²) in [7, 11) is 0. The van der Waals surface area contributed by atoms with Crippen LogP contribution < -0.4 is 0 Å². The van der Waals surface area contributed by atoms with Gasteiger partial charge in [-0.3, -0.25) is 4.98 Å². The molecule has 4 heteroatoms. The van der Waals surface area contributed by atoms with E-state index in [2.05, 4.69) is 42.1 Å². The minimum Gasteiger partial charge on any atom is -0.437 e. The van der Waals surface area contributed by atoms with Crippen LogP contribution in [0.4, 0.5) is 5.69 Å². The third-order valence-electron chi connectivity index (χ3n) is 7.61. The average molecular weight is 458 g/mol. The Kier molecular flexibility index (Phi) is 5.54. The first-order chi connectivity index (χ1) is 17.2. The van der Waals surface area contributed by atoms with Gasteiger partial charge >= 0.3 is 0 Å². The molecule has 1 atom stereocenters. The molecular formula is C31H27N3O. The van der Waals surface area contributed by atoms with Crippen molar-refractivity contribution in [1.29, 1.82) is 0 Å². The number of pyridine rings is 2. The molecule has 35 heavy (non-hydrogen) atoms. The molecule has 1 fully saturated rings. The van der Waals surface area contributed by atoms with Crippen LogP contribution in [0.5, 0.6) is 0 Å². The fraction of sp³-hybridized carbons (Fsp3) is 0.258. The maximum absolute atomic E-state index is 7.49. The largest absolute Gasteiger partial charge is 0.437 e. The second kappa shape index (κ2) is 9.00. The Morgan fingerprint density at radius 3 is 2.57 bits per heavy atom. The molecule has 5 aromatic rings. The molecule has 0 saturated heterocycles. The van der Waals surface area contributed by atoms with E-state index in [4.69, 9.17) is 21.0 Å². The van der Waals surface area contributed by atoms with E-state index >= 15 is 0 Å². The lowest BCUT2D eigenvalue weighted by Crippen LogP contribution is -2.14. The summed E-state index contributed by atoms with van der Waals surface area (Å²) in [6.45, 7) is 9.85. The van der Waals surface area contributed by atoms with Crippen molar-refractivity contribution in [2.75, 3.05) is 0 Å². The molecule has 172 valence electrons. The first kappa shape index (κ1) is 21.6. The zero-order chi connectivity index (χ0) is 23.8. The molecule has 1 aliphatic carbocycles. The van der Waals surface area contributed by atoms with Gasteiger partial charge in [0.05, 0.1) is 18.0 Å². The van der Waals surface area contributed by atoms with Crippen LogP contribution in [-0.4, -0.2) is 9.97 Å². The first-order valence-corrected chi connectivity index (χ1v) is 12.5. The number of hydrogen-bond donors (Lipinski definition) is 0. The quantitative estimate of drug-likeness (QED) is 0.253. The molecule has 0 spiro atoms. The molecule has 1 aliphatic rings. The van der Waals surface area contributed by atoms with Gasteiger partial charge in [0, 0.05) is 28.1 Å². The fourth-order valence-electron chi connectivity index (χ4n) is 5.60. The fourth-order valence-corrected chi connectivity index (χ4v) is 5.60. The van der Waals surface area contributed by atoms with Gasteiger partial charge < -0.3 is 4.42 Å². The standard InChI is InChI=1S/C31H27N3O/c1-20(21-9-4-3-5-10-21)22-17-18-33-29(19-22)26-13-8-12-23-24-15-16-28(34-31(24)35-30(23)26)25-11-6-7-14-27(25)32-2/h6-8,11-21H,3-5,9-10H2,1H3. The molecule has 4 nitrogen and oxygen atoms in total. The van der Waals surface area contributed by atoms with E-state index in [-0.39, 0.29) is 0 Å². The maximum Gasteiger partial charge on any atom is 0.227 e. The summed E-state index contributed by atoms with van der Waals surface area (Å²) in [4.78, 5) is 13.2. The Hall–Kier alpha value is -3.97. The Balaban J connectivity index is 1.43. The minimum absolute atomic E-state index is 0.527. The smallest absolute Gasteiger partial charge is 0.227 e. The maximum atomic E-state index is 7.49. The summed E-state index contributed by atoms with van der Waals surface area (Å²) in [5.41, 5.74) is 6.81. The number of nitrogens with zero attached hydrogens (tertiary/aromatic N) is 3. The summed E-state index contributed by atoms with van der Waals surface area (Å²) in [6, 6.07) is 22.2. The lowest BCUT2D eigenvalue weighted by atomic mass is 9.78. The van der Waals surface area contributed by atoms with E-state index in [0.717, 1.165) is 44.8 Å². The molecule has 1 unspecified atom stereocenters.